The molecule has 0 aliphatic carbocycles. The zero-order chi connectivity index (χ0) is 23.0. The maximum atomic E-state index is 6.59. The molecule has 2 atom stereocenters. The van der Waals surface area contributed by atoms with Crippen molar-refractivity contribution in [1.29, 1.82) is 0 Å². The normalized spacial score (nSPS) is 18.5. The van der Waals surface area contributed by atoms with Crippen molar-refractivity contribution >= 4 is 40.5 Å². The second-order valence-electron chi connectivity index (χ2n) is 8.36. The number of thiocarbonyl (C=S) groups is 1. The first kappa shape index (κ1) is 23.1. The van der Waals surface area contributed by atoms with Crippen molar-refractivity contribution in [2.75, 3.05) is 27.2 Å². The van der Waals surface area contributed by atoms with E-state index in [9.17, 15) is 0 Å². The zero-order valence-corrected chi connectivity index (χ0v) is 21.0. The molecular formula is C24H27Cl2N5S. The van der Waals surface area contributed by atoms with Gasteiger partial charge in [0.15, 0.2) is 5.11 Å². The van der Waals surface area contributed by atoms with Gasteiger partial charge in [-0.3, -0.25) is 4.98 Å². The van der Waals surface area contributed by atoms with Crippen LogP contribution in [-0.2, 0) is 0 Å². The van der Waals surface area contributed by atoms with Crippen molar-refractivity contribution in [3.05, 3.63) is 81.4 Å². The molecule has 2 unspecified atom stereocenters. The van der Waals surface area contributed by atoms with E-state index in [2.05, 4.69) is 64.7 Å². The largest absolute Gasteiger partial charge is 0.352 e. The Kier molecular flexibility index (Phi) is 6.77. The molecule has 3 heterocycles. The van der Waals surface area contributed by atoms with Gasteiger partial charge < -0.3 is 19.7 Å². The van der Waals surface area contributed by atoms with Gasteiger partial charge in [-0.25, -0.2) is 0 Å². The van der Waals surface area contributed by atoms with Gasteiger partial charge in [0, 0.05) is 30.7 Å². The Bertz CT molecular complexity index is 1130. The fourth-order valence-corrected chi connectivity index (χ4v) is 5.13. The molecule has 8 heteroatoms. The summed E-state index contributed by atoms with van der Waals surface area (Å²) in [5, 5.41) is 5.37. The van der Waals surface area contributed by atoms with Crippen molar-refractivity contribution in [3.8, 4) is 5.69 Å². The zero-order valence-electron chi connectivity index (χ0n) is 18.6. The van der Waals surface area contributed by atoms with Gasteiger partial charge in [-0.05, 0) is 76.1 Å². The van der Waals surface area contributed by atoms with Crippen molar-refractivity contribution in [2.24, 2.45) is 0 Å². The first-order valence-electron chi connectivity index (χ1n) is 10.6. The van der Waals surface area contributed by atoms with Crippen molar-refractivity contribution in [2.45, 2.75) is 25.9 Å². The fraction of sp³-hybridized carbons (Fsp3) is 0.333. The van der Waals surface area contributed by atoms with Crippen LogP contribution in [-0.4, -0.2) is 51.6 Å². The molecule has 32 heavy (non-hydrogen) atoms. The van der Waals surface area contributed by atoms with E-state index >= 15 is 0 Å². The van der Waals surface area contributed by atoms with Crippen LogP contribution in [0.2, 0.25) is 10.0 Å². The minimum absolute atomic E-state index is 0.00950. The number of rotatable bonds is 6. The average Bonchev–Trinajstić information content (AvgIpc) is 3.24. The molecule has 1 saturated heterocycles. The molecule has 1 aliphatic heterocycles. The molecule has 1 fully saturated rings. The number of hydrogen-bond donors (Lipinski definition) is 1. The number of nitrogens with zero attached hydrogens (tertiary/aromatic N) is 4. The van der Waals surface area contributed by atoms with E-state index in [1.807, 2.05) is 36.5 Å². The molecule has 0 radical (unpaired) electrons. The van der Waals surface area contributed by atoms with Crippen molar-refractivity contribution in [3.63, 3.8) is 0 Å². The molecule has 1 aliphatic rings. The standard InChI is InChI=1S/C24H27Cl2N5S/c1-15-14-17(16(2)31(15)20-10-7-8-18(25)21(20)26)23-22(19-9-5-6-11-27-19)28-24(32)30(23)13-12-29(3)4/h5-11,14,22-23H,12-13H2,1-4H3,(H,28,32). The maximum Gasteiger partial charge on any atom is 0.170 e. The summed E-state index contributed by atoms with van der Waals surface area (Å²) in [7, 11) is 4.15. The van der Waals surface area contributed by atoms with E-state index in [-0.39, 0.29) is 12.1 Å². The number of aromatic nitrogens is 2. The Morgan fingerprint density at radius 3 is 2.59 bits per heavy atom. The summed E-state index contributed by atoms with van der Waals surface area (Å²) in [5.41, 5.74) is 5.24. The van der Waals surface area contributed by atoms with Gasteiger partial charge >= 0.3 is 0 Å². The summed E-state index contributed by atoms with van der Waals surface area (Å²) < 4.78 is 2.17. The second kappa shape index (κ2) is 9.40. The summed E-state index contributed by atoms with van der Waals surface area (Å²) in [5.74, 6) is 0. The van der Waals surface area contributed by atoms with Gasteiger partial charge in [0.25, 0.3) is 0 Å². The van der Waals surface area contributed by atoms with E-state index in [4.69, 9.17) is 35.4 Å². The molecule has 5 nitrogen and oxygen atoms in total. The molecule has 1 aromatic carbocycles. The summed E-state index contributed by atoms with van der Waals surface area (Å²) >= 11 is 18.7. The molecule has 3 aromatic rings. The van der Waals surface area contributed by atoms with Crippen molar-refractivity contribution in [1.82, 2.24) is 24.7 Å². The molecule has 0 saturated carbocycles. The topological polar surface area (TPSA) is 36.3 Å². The first-order valence-corrected chi connectivity index (χ1v) is 11.7. The lowest BCUT2D eigenvalue weighted by Crippen LogP contribution is -2.35. The first-order chi connectivity index (χ1) is 15.3. The molecule has 0 bridgehead atoms. The Labute approximate surface area is 204 Å². The van der Waals surface area contributed by atoms with Crippen LogP contribution in [0.4, 0.5) is 0 Å². The number of pyridine rings is 1. The van der Waals surface area contributed by atoms with Crippen LogP contribution < -0.4 is 5.32 Å². The van der Waals surface area contributed by atoms with E-state index in [1.54, 1.807) is 0 Å². The summed E-state index contributed by atoms with van der Waals surface area (Å²) in [6.07, 6.45) is 1.83. The molecule has 4 rings (SSSR count). The third-order valence-corrected chi connectivity index (χ3v) is 7.11. The van der Waals surface area contributed by atoms with Gasteiger partial charge in [0.1, 0.15) is 0 Å². The molecular weight excluding hydrogens is 461 g/mol. The molecule has 0 spiro atoms. The van der Waals surface area contributed by atoms with Gasteiger partial charge in [-0.1, -0.05) is 35.3 Å². The average molecular weight is 488 g/mol. The molecule has 0 amide bonds. The Hall–Kier alpha value is -2.12. The summed E-state index contributed by atoms with van der Waals surface area (Å²) in [4.78, 5) is 9.09. The van der Waals surface area contributed by atoms with Gasteiger partial charge in [0.2, 0.25) is 0 Å². The molecule has 168 valence electrons. The van der Waals surface area contributed by atoms with Crippen LogP contribution >= 0.6 is 35.4 Å². The van der Waals surface area contributed by atoms with E-state index < -0.39 is 0 Å². The number of likely N-dealkylation sites (N-methyl/N-ethyl adjacent to an activating group) is 1. The van der Waals surface area contributed by atoms with Crippen LogP contribution in [0.25, 0.3) is 5.69 Å². The molecule has 2 aromatic heterocycles. The highest BCUT2D eigenvalue weighted by Gasteiger charge is 2.41. The SMILES string of the molecule is Cc1cc(C2C(c3ccccn3)NC(=S)N2CCN(C)C)c(C)n1-c1cccc(Cl)c1Cl. The van der Waals surface area contributed by atoms with Crippen LogP contribution in [0.5, 0.6) is 0 Å². The highest BCUT2D eigenvalue weighted by atomic mass is 35.5. The third kappa shape index (κ3) is 4.25. The monoisotopic (exact) mass is 487 g/mol. The minimum Gasteiger partial charge on any atom is -0.352 e. The van der Waals surface area contributed by atoms with Crippen LogP contribution in [0, 0.1) is 13.8 Å². The lowest BCUT2D eigenvalue weighted by Gasteiger charge is -2.29. The van der Waals surface area contributed by atoms with Crippen molar-refractivity contribution < 1.29 is 0 Å². The predicted octanol–water partition coefficient (Wildman–Crippen LogP) is 5.33. The quantitative estimate of drug-likeness (QED) is 0.475. The summed E-state index contributed by atoms with van der Waals surface area (Å²) in [6.45, 7) is 5.93. The van der Waals surface area contributed by atoms with E-state index in [0.29, 0.717) is 10.0 Å². The van der Waals surface area contributed by atoms with E-state index in [0.717, 1.165) is 41.0 Å². The molecule has 1 N–H and O–H groups in total. The predicted molar refractivity (Wildman–Crippen MR) is 136 cm³/mol. The van der Waals surface area contributed by atoms with Gasteiger partial charge in [-0.15, -0.1) is 0 Å². The number of halogens is 2. The maximum absolute atomic E-state index is 6.59. The second-order valence-corrected chi connectivity index (χ2v) is 9.53. The minimum atomic E-state index is -0.0466. The van der Waals surface area contributed by atoms with Crippen LogP contribution in [0.3, 0.4) is 0 Å². The number of hydrogen-bond acceptors (Lipinski definition) is 3. The smallest absolute Gasteiger partial charge is 0.170 e. The number of benzene rings is 1. The third-order valence-electron chi connectivity index (χ3n) is 5.95. The van der Waals surface area contributed by atoms with Gasteiger partial charge in [-0.2, -0.15) is 0 Å². The van der Waals surface area contributed by atoms with Crippen LogP contribution in [0.1, 0.15) is 34.7 Å². The lowest BCUT2D eigenvalue weighted by atomic mass is 9.97. The summed E-state index contributed by atoms with van der Waals surface area (Å²) in [6, 6.07) is 13.9. The number of aryl methyl sites for hydroxylation is 1. The lowest BCUT2D eigenvalue weighted by molar-refractivity contribution is 0.277. The fourth-order valence-electron chi connectivity index (χ4n) is 4.42. The number of nitrogens with one attached hydrogen (secondary N) is 1. The van der Waals surface area contributed by atoms with E-state index in [1.165, 1.54) is 5.56 Å². The Balaban J connectivity index is 1.83. The Morgan fingerprint density at radius 2 is 1.91 bits per heavy atom. The Morgan fingerprint density at radius 1 is 1.12 bits per heavy atom. The van der Waals surface area contributed by atoms with Crippen LogP contribution in [0.15, 0.2) is 48.7 Å². The highest BCUT2D eigenvalue weighted by molar-refractivity contribution is 7.80. The van der Waals surface area contributed by atoms with Gasteiger partial charge in [0.05, 0.1) is 33.5 Å². The highest BCUT2D eigenvalue weighted by Crippen LogP contribution is 2.42.